The molecule has 0 unspecified atom stereocenters. The van der Waals surface area contributed by atoms with E-state index in [1.165, 1.54) is 22.8 Å². The number of nitrogens with one attached hydrogen (secondary N) is 1. The highest BCUT2D eigenvalue weighted by molar-refractivity contribution is 7.71. The van der Waals surface area contributed by atoms with Gasteiger partial charge in [0.15, 0.2) is 4.77 Å². The lowest BCUT2D eigenvalue weighted by Crippen LogP contribution is -2.27. The Morgan fingerprint density at radius 2 is 1.90 bits per heavy atom. The molecule has 2 N–H and O–H groups in total. The first kappa shape index (κ1) is 15.8. The van der Waals surface area contributed by atoms with Gasteiger partial charge in [-0.15, -0.1) is 0 Å². The van der Waals surface area contributed by atoms with Gasteiger partial charge in [-0.3, -0.25) is 14.2 Å². The maximum Gasteiger partial charge on any atom is 0.308 e. The summed E-state index contributed by atoms with van der Waals surface area (Å²) < 4.78 is 1.32. The zero-order chi connectivity index (χ0) is 15.7. The van der Waals surface area contributed by atoms with Crippen LogP contribution < -0.4 is 5.56 Å². The third-order valence-corrected chi connectivity index (χ3v) is 3.57. The van der Waals surface area contributed by atoms with E-state index < -0.39 is 17.9 Å². The van der Waals surface area contributed by atoms with E-state index in [1.54, 1.807) is 6.92 Å². The number of carbonyl (C=O) groups is 1. The first-order valence-electron chi connectivity index (χ1n) is 5.82. The Morgan fingerprint density at radius 1 is 1.33 bits per heavy atom. The third kappa shape index (κ3) is 3.34. The summed E-state index contributed by atoms with van der Waals surface area (Å²) in [7, 11) is 0. The first-order chi connectivity index (χ1) is 9.79. The van der Waals surface area contributed by atoms with E-state index in [2.05, 4.69) is 4.98 Å². The number of halogens is 2. The van der Waals surface area contributed by atoms with Crippen LogP contribution in [0.1, 0.15) is 11.3 Å². The lowest BCUT2D eigenvalue weighted by molar-refractivity contribution is -0.136. The molecule has 8 heteroatoms. The fourth-order valence-corrected chi connectivity index (χ4v) is 2.80. The van der Waals surface area contributed by atoms with Crippen molar-refractivity contribution >= 4 is 41.4 Å². The Bertz CT molecular complexity index is 822. The van der Waals surface area contributed by atoms with Crippen molar-refractivity contribution in [2.75, 3.05) is 0 Å². The minimum Gasteiger partial charge on any atom is -0.481 e. The number of carboxylic acids is 1. The summed E-state index contributed by atoms with van der Waals surface area (Å²) in [6, 6.07) is 4.58. The molecule has 0 radical (unpaired) electrons. The minimum atomic E-state index is -1.10. The number of rotatable bonds is 3. The Balaban J connectivity index is 2.77. The van der Waals surface area contributed by atoms with Crippen LogP contribution in [0.5, 0.6) is 0 Å². The number of nitrogens with zero attached hydrogens (tertiary/aromatic N) is 1. The molecule has 0 atom stereocenters. The zero-order valence-corrected chi connectivity index (χ0v) is 13.1. The number of aromatic nitrogens is 2. The topological polar surface area (TPSA) is 75.1 Å². The molecule has 1 heterocycles. The average Bonchev–Trinajstić information content (AvgIpc) is 2.32. The van der Waals surface area contributed by atoms with Gasteiger partial charge in [-0.2, -0.15) is 0 Å². The molecule has 0 aliphatic heterocycles. The van der Waals surface area contributed by atoms with E-state index in [-0.39, 0.29) is 10.3 Å². The second-order valence-electron chi connectivity index (χ2n) is 4.37. The molecule has 110 valence electrons. The Morgan fingerprint density at radius 3 is 2.43 bits per heavy atom. The van der Waals surface area contributed by atoms with Crippen molar-refractivity contribution in [3.05, 3.63) is 54.6 Å². The number of H-pyrrole nitrogens is 1. The first-order valence-corrected chi connectivity index (χ1v) is 6.99. The van der Waals surface area contributed by atoms with Gasteiger partial charge < -0.3 is 10.1 Å². The summed E-state index contributed by atoms with van der Waals surface area (Å²) in [6.07, 6.45) is -0.398. The number of benzene rings is 1. The van der Waals surface area contributed by atoms with Crippen molar-refractivity contribution in [1.82, 2.24) is 9.55 Å². The van der Waals surface area contributed by atoms with Gasteiger partial charge in [-0.25, -0.2) is 0 Å². The monoisotopic (exact) mass is 344 g/mol. The van der Waals surface area contributed by atoms with Crippen molar-refractivity contribution in [2.24, 2.45) is 0 Å². The Hall–Kier alpha value is -1.63. The van der Waals surface area contributed by atoms with E-state index in [9.17, 15) is 9.59 Å². The van der Waals surface area contributed by atoms with Gasteiger partial charge >= 0.3 is 5.97 Å². The predicted molar refractivity (Wildman–Crippen MR) is 83.3 cm³/mol. The Labute approximate surface area is 134 Å². The van der Waals surface area contributed by atoms with Crippen LogP contribution in [0.4, 0.5) is 0 Å². The lowest BCUT2D eigenvalue weighted by atomic mass is 10.1. The van der Waals surface area contributed by atoms with Crippen molar-refractivity contribution in [2.45, 2.75) is 13.3 Å². The van der Waals surface area contributed by atoms with E-state index in [1.807, 2.05) is 0 Å². The molecule has 2 aromatic rings. The van der Waals surface area contributed by atoms with Crippen LogP contribution in [0.2, 0.25) is 10.0 Å². The van der Waals surface area contributed by atoms with Gasteiger partial charge in [0.1, 0.15) is 0 Å². The molecule has 0 aliphatic carbocycles. The van der Waals surface area contributed by atoms with Gasteiger partial charge in [0, 0.05) is 21.3 Å². The van der Waals surface area contributed by atoms with Crippen LogP contribution in [-0.4, -0.2) is 20.6 Å². The summed E-state index contributed by atoms with van der Waals surface area (Å²) in [5.74, 6) is -1.10. The molecule has 0 amide bonds. The SMILES string of the molecule is Cc1[nH]c(=S)n(-c2cc(Cl)cc(Cl)c2)c(=O)c1CC(=O)O. The number of aryl methyl sites for hydroxylation is 1. The number of aliphatic carboxylic acids is 1. The Kier molecular flexibility index (Phi) is 4.51. The van der Waals surface area contributed by atoms with Gasteiger partial charge in [0.05, 0.1) is 12.1 Å². The van der Waals surface area contributed by atoms with Crippen molar-refractivity contribution in [3.8, 4) is 5.69 Å². The molecule has 0 saturated carbocycles. The standard InChI is InChI=1S/C13H10Cl2N2O3S/c1-6-10(5-11(18)19)12(20)17(13(21)16-6)9-3-7(14)2-8(15)4-9/h2-4H,5H2,1H3,(H,16,21)(H,18,19). The molecular formula is C13H10Cl2N2O3S. The average molecular weight is 345 g/mol. The van der Waals surface area contributed by atoms with Gasteiger partial charge in [0.25, 0.3) is 5.56 Å². The van der Waals surface area contributed by atoms with Crippen LogP contribution in [0, 0.1) is 11.7 Å². The fourth-order valence-electron chi connectivity index (χ4n) is 1.94. The molecule has 1 aromatic carbocycles. The smallest absolute Gasteiger partial charge is 0.308 e. The van der Waals surface area contributed by atoms with Crippen LogP contribution in [0.3, 0.4) is 0 Å². The molecule has 0 spiro atoms. The van der Waals surface area contributed by atoms with E-state index in [0.717, 1.165) is 0 Å². The van der Waals surface area contributed by atoms with E-state index >= 15 is 0 Å². The zero-order valence-electron chi connectivity index (χ0n) is 10.8. The van der Waals surface area contributed by atoms with Crippen molar-refractivity contribution in [3.63, 3.8) is 0 Å². The minimum absolute atomic E-state index is 0.132. The number of aromatic amines is 1. The molecular weight excluding hydrogens is 335 g/mol. The second kappa shape index (κ2) is 6.01. The van der Waals surface area contributed by atoms with Gasteiger partial charge in [-0.1, -0.05) is 23.2 Å². The number of hydrogen-bond donors (Lipinski definition) is 2. The van der Waals surface area contributed by atoms with E-state index in [0.29, 0.717) is 21.4 Å². The second-order valence-corrected chi connectivity index (χ2v) is 5.63. The highest BCUT2D eigenvalue weighted by atomic mass is 35.5. The number of hydrogen-bond acceptors (Lipinski definition) is 3. The molecule has 0 saturated heterocycles. The summed E-state index contributed by atoms with van der Waals surface area (Å²) in [5.41, 5.74) is 0.436. The van der Waals surface area contributed by atoms with Crippen LogP contribution >= 0.6 is 35.4 Å². The molecule has 1 aromatic heterocycles. The molecule has 0 aliphatic rings. The van der Waals surface area contributed by atoms with Crippen LogP contribution in [0.25, 0.3) is 5.69 Å². The van der Waals surface area contributed by atoms with Crippen molar-refractivity contribution < 1.29 is 9.90 Å². The summed E-state index contributed by atoms with van der Waals surface area (Å²) in [6.45, 7) is 1.60. The van der Waals surface area contributed by atoms with Gasteiger partial charge in [-0.05, 0) is 37.3 Å². The fraction of sp³-hybridized carbons (Fsp3) is 0.154. The lowest BCUT2D eigenvalue weighted by Gasteiger charge is -2.11. The maximum atomic E-state index is 12.5. The molecule has 0 bridgehead atoms. The van der Waals surface area contributed by atoms with Crippen molar-refractivity contribution in [1.29, 1.82) is 0 Å². The molecule has 21 heavy (non-hydrogen) atoms. The highest BCUT2D eigenvalue weighted by Gasteiger charge is 2.14. The molecule has 2 rings (SSSR count). The summed E-state index contributed by atoms with van der Waals surface area (Å²) in [5, 5.41) is 9.60. The molecule has 0 fully saturated rings. The normalized spacial score (nSPS) is 10.6. The largest absolute Gasteiger partial charge is 0.481 e. The quantitative estimate of drug-likeness (QED) is 0.838. The maximum absolute atomic E-state index is 12.5. The summed E-state index contributed by atoms with van der Waals surface area (Å²) in [4.78, 5) is 26.2. The highest BCUT2D eigenvalue weighted by Crippen LogP contribution is 2.21. The van der Waals surface area contributed by atoms with Gasteiger partial charge in [0.2, 0.25) is 0 Å². The van der Waals surface area contributed by atoms with Crippen LogP contribution in [0.15, 0.2) is 23.0 Å². The third-order valence-electron chi connectivity index (χ3n) is 2.84. The number of carboxylic acid groups (broad SMARTS) is 1. The van der Waals surface area contributed by atoms with E-state index in [4.69, 9.17) is 40.5 Å². The molecule has 5 nitrogen and oxygen atoms in total. The van der Waals surface area contributed by atoms with Crippen LogP contribution in [-0.2, 0) is 11.2 Å². The summed E-state index contributed by atoms with van der Waals surface area (Å²) >= 11 is 17.0. The predicted octanol–water partition coefficient (Wildman–Crippen LogP) is 3.14.